The third-order valence-corrected chi connectivity index (χ3v) is 5.33. The summed E-state index contributed by atoms with van der Waals surface area (Å²) in [5, 5.41) is 12.0. The van der Waals surface area contributed by atoms with E-state index in [-0.39, 0.29) is 16.7 Å². The summed E-state index contributed by atoms with van der Waals surface area (Å²) in [6.07, 6.45) is 1.40. The minimum Gasteiger partial charge on any atom is -0.439 e. The molecule has 0 saturated heterocycles. The van der Waals surface area contributed by atoms with E-state index in [4.69, 9.17) is 16.0 Å². The van der Waals surface area contributed by atoms with Crippen molar-refractivity contribution in [1.82, 2.24) is 0 Å². The smallest absolute Gasteiger partial charge is 0.271 e. The van der Waals surface area contributed by atoms with Crippen LogP contribution >= 0.6 is 11.6 Å². The van der Waals surface area contributed by atoms with Crippen LogP contribution in [0.5, 0.6) is 0 Å². The molecular formula is C23H14ClN3O4. The number of anilines is 2. The molecule has 1 aliphatic rings. The van der Waals surface area contributed by atoms with Gasteiger partial charge in [0.25, 0.3) is 5.69 Å². The lowest BCUT2D eigenvalue weighted by Crippen LogP contribution is -2.21. The summed E-state index contributed by atoms with van der Waals surface area (Å²) in [6.45, 7) is 0.379. The van der Waals surface area contributed by atoms with Crippen molar-refractivity contribution < 1.29 is 9.34 Å². The zero-order valence-electron chi connectivity index (χ0n) is 16.0. The van der Waals surface area contributed by atoms with Crippen molar-refractivity contribution in [2.45, 2.75) is 6.54 Å². The largest absolute Gasteiger partial charge is 0.439 e. The summed E-state index contributed by atoms with van der Waals surface area (Å²) in [4.78, 5) is 30.2. The Kier molecular flexibility index (Phi) is 4.52. The van der Waals surface area contributed by atoms with Gasteiger partial charge in [-0.3, -0.25) is 19.9 Å². The lowest BCUT2D eigenvalue weighted by atomic mass is 10.1. The third-order valence-electron chi connectivity index (χ3n) is 5.09. The molecular weight excluding hydrogens is 418 g/mol. The van der Waals surface area contributed by atoms with Crippen molar-refractivity contribution >= 4 is 51.7 Å². The Morgan fingerprint density at radius 3 is 2.65 bits per heavy atom. The van der Waals surface area contributed by atoms with Crippen molar-refractivity contribution in [1.29, 1.82) is 0 Å². The third kappa shape index (κ3) is 3.35. The maximum atomic E-state index is 13.3. The van der Waals surface area contributed by atoms with E-state index < -0.39 is 4.92 Å². The van der Waals surface area contributed by atoms with Gasteiger partial charge in [0.2, 0.25) is 11.3 Å². The number of nitrogens with zero attached hydrogens (tertiary/aromatic N) is 3. The minimum absolute atomic E-state index is 0.0854. The molecule has 0 N–H and O–H groups in total. The van der Waals surface area contributed by atoms with Gasteiger partial charge in [0.05, 0.1) is 28.2 Å². The molecule has 0 atom stereocenters. The molecule has 0 fully saturated rings. The van der Waals surface area contributed by atoms with Gasteiger partial charge < -0.3 is 9.32 Å². The van der Waals surface area contributed by atoms with E-state index in [1.165, 1.54) is 18.3 Å². The van der Waals surface area contributed by atoms with Crippen LogP contribution in [0, 0.1) is 10.1 Å². The Morgan fingerprint density at radius 1 is 1.06 bits per heavy atom. The zero-order valence-corrected chi connectivity index (χ0v) is 16.7. The Bertz CT molecular complexity index is 1430. The molecule has 3 aromatic carbocycles. The maximum absolute atomic E-state index is 13.3. The molecule has 0 unspecified atom stereocenters. The minimum atomic E-state index is -0.477. The molecule has 8 heteroatoms. The van der Waals surface area contributed by atoms with Crippen LogP contribution in [-0.2, 0) is 6.54 Å². The highest BCUT2D eigenvalue weighted by Gasteiger charge is 2.26. The quantitative estimate of drug-likeness (QED) is 0.304. The second-order valence-corrected chi connectivity index (χ2v) is 7.49. The molecule has 2 heterocycles. The molecule has 1 aromatic heterocycles. The van der Waals surface area contributed by atoms with E-state index in [1.807, 2.05) is 35.2 Å². The molecule has 31 heavy (non-hydrogen) atoms. The van der Waals surface area contributed by atoms with Crippen LogP contribution in [-0.4, -0.2) is 11.1 Å². The molecule has 0 bridgehead atoms. The predicted molar refractivity (Wildman–Crippen MR) is 120 cm³/mol. The van der Waals surface area contributed by atoms with Gasteiger partial charge in [-0.1, -0.05) is 41.9 Å². The highest BCUT2D eigenvalue weighted by atomic mass is 35.5. The molecule has 0 radical (unpaired) electrons. The fraction of sp³-hybridized carbons (Fsp3) is 0.0435. The average Bonchev–Trinajstić information content (AvgIpc) is 2.92. The van der Waals surface area contributed by atoms with Gasteiger partial charge in [0.15, 0.2) is 0 Å². The van der Waals surface area contributed by atoms with Crippen LogP contribution in [0.1, 0.15) is 11.1 Å². The first-order chi connectivity index (χ1) is 15.0. The summed E-state index contributed by atoms with van der Waals surface area (Å²) >= 11 is 6.07. The van der Waals surface area contributed by atoms with E-state index in [1.54, 1.807) is 24.3 Å². The molecule has 4 aromatic rings. The van der Waals surface area contributed by atoms with E-state index in [0.29, 0.717) is 39.8 Å². The molecule has 0 aliphatic carbocycles. The van der Waals surface area contributed by atoms with Gasteiger partial charge in [-0.25, -0.2) is 0 Å². The highest BCUT2D eigenvalue weighted by molar-refractivity contribution is 6.31. The number of nitro groups is 1. The van der Waals surface area contributed by atoms with Crippen molar-refractivity contribution in [3.8, 4) is 0 Å². The van der Waals surface area contributed by atoms with E-state index >= 15 is 0 Å². The second kappa shape index (κ2) is 7.37. The van der Waals surface area contributed by atoms with Crippen LogP contribution in [0.4, 0.5) is 22.9 Å². The summed E-state index contributed by atoms with van der Waals surface area (Å²) in [6, 6.07) is 18.9. The number of non-ortho nitro benzene ring substituents is 1. The lowest BCUT2D eigenvalue weighted by molar-refractivity contribution is -0.384. The van der Waals surface area contributed by atoms with Crippen LogP contribution in [0.15, 0.2) is 80.9 Å². The molecule has 0 amide bonds. The number of halogens is 1. The predicted octanol–water partition coefficient (Wildman–Crippen LogP) is 5.76. The summed E-state index contributed by atoms with van der Waals surface area (Å²) in [5.74, 6) is 0.319. The first-order valence-electron chi connectivity index (χ1n) is 9.41. The SMILES string of the molecule is O=c1c2c(oc3ccc(Cl)cc13)N(Cc1ccccc1)c1ccc([N+](=O)[O-])cc1N=C2. The van der Waals surface area contributed by atoms with Gasteiger partial charge in [0, 0.05) is 23.4 Å². The van der Waals surface area contributed by atoms with Crippen molar-refractivity contribution in [2.75, 3.05) is 4.90 Å². The molecule has 5 rings (SSSR count). The molecule has 0 saturated carbocycles. The highest BCUT2D eigenvalue weighted by Crippen LogP contribution is 2.41. The van der Waals surface area contributed by atoms with Crippen molar-refractivity contribution in [3.63, 3.8) is 0 Å². The van der Waals surface area contributed by atoms with Crippen LogP contribution in [0.3, 0.4) is 0 Å². The maximum Gasteiger partial charge on any atom is 0.271 e. The fourth-order valence-electron chi connectivity index (χ4n) is 3.61. The van der Waals surface area contributed by atoms with E-state index in [0.717, 1.165) is 5.56 Å². The Balaban J connectivity index is 1.78. The van der Waals surface area contributed by atoms with E-state index in [9.17, 15) is 14.9 Å². The summed E-state index contributed by atoms with van der Waals surface area (Å²) in [7, 11) is 0. The number of hydrogen-bond acceptors (Lipinski definition) is 6. The standard InChI is InChI=1S/C23H14ClN3O4/c24-15-6-9-21-17(10-15)22(28)18-12-25-19-11-16(27(29)30)7-8-20(19)26(23(18)31-21)13-14-4-2-1-3-5-14/h1-12H,13H2. The molecule has 7 nitrogen and oxygen atoms in total. The number of rotatable bonds is 3. The van der Waals surface area contributed by atoms with Crippen LogP contribution < -0.4 is 10.3 Å². The van der Waals surface area contributed by atoms with Crippen molar-refractivity contribution in [3.05, 3.63) is 103 Å². The Labute approximate surface area is 181 Å². The summed E-state index contributed by atoms with van der Waals surface area (Å²) in [5.41, 5.74) is 2.23. The summed E-state index contributed by atoms with van der Waals surface area (Å²) < 4.78 is 6.16. The number of benzene rings is 3. The Morgan fingerprint density at radius 2 is 1.87 bits per heavy atom. The topological polar surface area (TPSA) is 89.0 Å². The number of nitro benzene ring substituents is 1. The number of fused-ring (bicyclic) bond motifs is 3. The molecule has 152 valence electrons. The molecule has 0 spiro atoms. The van der Waals surface area contributed by atoms with Gasteiger partial charge in [-0.05, 0) is 29.8 Å². The normalized spacial score (nSPS) is 12.4. The fourth-order valence-corrected chi connectivity index (χ4v) is 3.78. The second-order valence-electron chi connectivity index (χ2n) is 7.05. The van der Waals surface area contributed by atoms with E-state index in [2.05, 4.69) is 4.99 Å². The lowest BCUT2D eigenvalue weighted by Gasteiger charge is -2.24. The number of hydrogen-bond donors (Lipinski definition) is 0. The first kappa shape index (κ1) is 19.0. The first-order valence-corrected chi connectivity index (χ1v) is 9.79. The average molecular weight is 432 g/mol. The zero-order chi connectivity index (χ0) is 21.5. The number of aliphatic imine (C=N–C) groups is 1. The molecule has 1 aliphatic heterocycles. The van der Waals surface area contributed by atoms with Gasteiger partial charge in [0.1, 0.15) is 11.1 Å². The van der Waals surface area contributed by atoms with Crippen LogP contribution in [0.25, 0.3) is 11.0 Å². The van der Waals surface area contributed by atoms with Gasteiger partial charge >= 0.3 is 0 Å². The van der Waals surface area contributed by atoms with Crippen LogP contribution in [0.2, 0.25) is 5.02 Å². The van der Waals surface area contributed by atoms with Gasteiger partial charge in [-0.15, -0.1) is 0 Å². The van der Waals surface area contributed by atoms with Gasteiger partial charge in [-0.2, -0.15) is 0 Å². The monoisotopic (exact) mass is 431 g/mol. The Hall–Kier alpha value is -3.97. The van der Waals surface area contributed by atoms with Crippen molar-refractivity contribution in [2.24, 2.45) is 4.99 Å².